The number of benzene rings is 1. The summed E-state index contributed by atoms with van der Waals surface area (Å²) in [5.41, 5.74) is 1.24. The minimum atomic E-state index is 0.636. The van der Waals surface area contributed by atoms with E-state index >= 15 is 0 Å². The topological polar surface area (TPSA) is 15.3 Å². The Kier molecular flexibility index (Phi) is 5.23. The van der Waals surface area contributed by atoms with Crippen LogP contribution in [0.1, 0.15) is 45.4 Å². The maximum atomic E-state index is 3.70. The molecule has 1 aliphatic heterocycles. The van der Waals surface area contributed by atoms with Gasteiger partial charge in [0.2, 0.25) is 0 Å². The van der Waals surface area contributed by atoms with E-state index in [9.17, 15) is 0 Å². The summed E-state index contributed by atoms with van der Waals surface area (Å²) in [6.07, 6.45) is 8.27. The third-order valence-corrected chi connectivity index (χ3v) is 5.64. The second kappa shape index (κ2) is 7.15. The minimum absolute atomic E-state index is 0.636. The van der Waals surface area contributed by atoms with Gasteiger partial charge in [-0.05, 0) is 49.8 Å². The van der Waals surface area contributed by atoms with E-state index < -0.39 is 0 Å². The first-order chi connectivity index (χ1) is 10.2. The van der Waals surface area contributed by atoms with E-state index in [1.54, 1.807) is 0 Å². The highest BCUT2D eigenvalue weighted by molar-refractivity contribution is 9.10. The van der Waals surface area contributed by atoms with Gasteiger partial charge in [-0.15, -0.1) is 0 Å². The molecule has 1 aliphatic carbocycles. The SMILES string of the molecule is CC1CCCC(N2CCC(Nc3cccc(Br)c3)CC2)C1. The van der Waals surface area contributed by atoms with Gasteiger partial charge in [0.15, 0.2) is 0 Å². The summed E-state index contributed by atoms with van der Waals surface area (Å²) < 4.78 is 1.15. The van der Waals surface area contributed by atoms with Gasteiger partial charge < -0.3 is 10.2 Å². The third kappa shape index (κ3) is 4.23. The Balaban J connectivity index is 1.48. The number of halogens is 1. The van der Waals surface area contributed by atoms with E-state index in [2.05, 4.69) is 57.3 Å². The van der Waals surface area contributed by atoms with Crippen molar-refractivity contribution in [3.8, 4) is 0 Å². The molecule has 0 aromatic heterocycles. The zero-order valence-electron chi connectivity index (χ0n) is 13.0. The summed E-state index contributed by atoms with van der Waals surface area (Å²) in [5.74, 6) is 0.932. The molecule has 0 radical (unpaired) electrons. The number of piperidine rings is 1. The van der Waals surface area contributed by atoms with Crippen LogP contribution in [-0.4, -0.2) is 30.1 Å². The molecular weight excluding hydrogens is 324 g/mol. The summed E-state index contributed by atoms with van der Waals surface area (Å²) in [4.78, 5) is 2.76. The van der Waals surface area contributed by atoms with Crippen molar-refractivity contribution in [3.05, 3.63) is 28.7 Å². The lowest BCUT2D eigenvalue weighted by molar-refractivity contribution is 0.109. The van der Waals surface area contributed by atoms with Crippen LogP contribution in [-0.2, 0) is 0 Å². The Morgan fingerprint density at radius 2 is 1.95 bits per heavy atom. The molecule has 0 bridgehead atoms. The zero-order chi connectivity index (χ0) is 14.7. The maximum absolute atomic E-state index is 3.70. The highest BCUT2D eigenvalue weighted by atomic mass is 79.9. The van der Waals surface area contributed by atoms with E-state index in [-0.39, 0.29) is 0 Å². The van der Waals surface area contributed by atoms with Crippen molar-refractivity contribution < 1.29 is 0 Å². The Morgan fingerprint density at radius 1 is 1.14 bits per heavy atom. The quantitative estimate of drug-likeness (QED) is 0.833. The zero-order valence-corrected chi connectivity index (χ0v) is 14.6. The first kappa shape index (κ1) is 15.4. The van der Waals surface area contributed by atoms with Crippen molar-refractivity contribution in [3.63, 3.8) is 0 Å². The number of nitrogens with one attached hydrogen (secondary N) is 1. The molecule has 2 atom stereocenters. The molecule has 1 heterocycles. The molecular formula is C18H27BrN2. The van der Waals surface area contributed by atoms with Crippen molar-refractivity contribution in [2.75, 3.05) is 18.4 Å². The minimum Gasteiger partial charge on any atom is -0.382 e. The Bertz CT molecular complexity index is 454. The van der Waals surface area contributed by atoms with Gasteiger partial charge in [-0.2, -0.15) is 0 Å². The molecule has 3 heteroatoms. The van der Waals surface area contributed by atoms with E-state index in [1.807, 2.05) is 0 Å². The molecule has 2 unspecified atom stereocenters. The predicted octanol–water partition coefficient (Wildman–Crippen LogP) is 4.90. The first-order valence-corrected chi connectivity index (χ1v) is 9.26. The van der Waals surface area contributed by atoms with Gasteiger partial charge >= 0.3 is 0 Å². The third-order valence-electron chi connectivity index (χ3n) is 5.15. The van der Waals surface area contributed by atoms with Crippen LogP contribution in [0.15, 0.2) is 28.7 Å². The number of anilines is 1. The summed E-state index contributed by atoms with van der Waals surface area (Å²) in [6, 6.07) is 10.0. The summed E-state index contributed by atoms with van der Waals surface area (Å²) in [5, 5.41) is 3.70. The van der Waals surface area contributed by atoms with Crippen molar-refractivity contribution in [1.29, 1.82) is 0 Å². The predicted molar refractivity (Wildman–Crippen MR) is 93.8 cm³/mol. The number of hydrogen-bond donors (Lipinski definition) is 1. The van der Waals surface area contributed by atoms with Gasteiger partial charge in [0.1, 0.15) is 0 Å². The van der Waals surface area contributed by atoms with Gasteiger partial charge in [0.25, 0.3) is 0 Å². The van der Waals surface area contributed by atoms with Crippen LogP contribution in [0, 0.1) is 5.92 Å². The average molecular weight is 351 g/mol. The van der Waals surface area contributed by atoms with Crippen LogP contribution in [0.25, 0.3) is 0 Å². The fourth-order valence-electron chi connectivity index (χ4n) is 3.96. The van der Waals surface area contributed by atoms with Gasteiger partial charge in [-0.25, -0.2) is 0 Å². The van der Waals surface area contributed by atoms with Crippen LogP contribution >= 0.6 is 15.9 Å². The Labute approximate surface area is 137 Å². The maximum Gasteiger partial charge on any atom is 0.0353 e. The smallest absolute Gasteiger partial charge is 0.0353 e. The molecule has 1 aromatic rings. The second-order valence-electron chi connectivity index (χ2n) is 6.89. The highest BCUT2D eigenvalue weighted by Gasteiger charge is 2.28. The van der Waals surface area contributed by atoms with Gasteiger partial charge in [0, 0.05) is 35.3 Å². The number of likely N-dealkylation sites (tertiary alicyclic amines) is 1. The molecule has 3 rings (SSSR count). The molecule has 1 N–H and O–H groups in total. The first-order valence-electron chi connectivity index (χ1n) is 8.47. The fourth-order valence-corrected chi connectivity index (χ4v) is 4.36. The van der Waals surface area contributed by atoms with Crippen LogP contribution in [0.5, 0.6) is 0 Å². The Morgan fingerprint density at radius 3 is 2.67 bits per heavy atom. The number of rotatable bonds is 3. The van der Waals surface area contributed by atoms with Crippen LogP contribution in [0.4, 0.5) is 5.69 Å². The molecule has 116 valence electrons. The lowest BCUT2D eigenvalue weighted by Gasteiger charge is -2.41. The lowest BCUT2D eigenvalue weighted by atomic mass is 9.85. The van der Waals surface area contributed by atoms with Crippen LogP contribution in [0.2, 0.25) is 0 Å². The molecule has 0 amide bonds. The number of hydrogen-bond acceptors (Lipinski definition) is 2. The highest BCUT2D eigenvalue weighted by Crippen LogP contribution is 2.29. The van der Waals surface area contributed by atoms with Crippen LogP contribution in [0.3, 0.4) is 0 Å². The van der Waals surface area contributed by atoms with E-state index in [1.165, 1.54) is 57.3 Å². The summed E-state index contributed by atoms with van der Waals surface area (Å²) in [7, 11) is 0. The molecule has 1 saturated carbocycles. The molecule has 2 aliphatic rings. The van der Waals surface area contributed by atoms with E-state index in [4.69, 9.17) is 0 Å². The van der Waals surface area contributed by atoms with Gasteiger partial charge in [-0.3, -0.25) is 0 Å². The van der Waals surface area contributed by atoms with E-state index in [0.717, 1.165) is 16.4 Å². The molecule has 2 fully saturated rings. The molecule has 1 saturated heterocycles. The van der Waals surface area contributed by atoms with Crippen molar-refractivity contribution in [2.24, 2.45) is 5.92 Å². The van der Waals surface area contributed by atoms with Crippen LogP contribution < -0.4 is 5.32 Å². The summed E-state index contributed by atoms with van der Waals surface area (Å²) in [6.45, 7) is 4.96. The molecule has 2 nitrogen and oxygen atoms in total. The van der Waals surface area contributed by atoms with Crippen molar-refractivity contribution >= 4 is 21.6 Å². The number of nitrogens with zero attached hydrogens (tertiary/aromatic N) is 1. The fraction of sp³-hybridized carbons (Fsp3) is 0.667. The van der Waals surface area contributed by atoms with Gasteiger partial charge in [-0.1, -0.05) is 41.8 Å². The second-order valence-corrected chi connectivity index (χ2v) is 7.81. The largest absolute Gasteiger partial charge is 0.382 e. The lowest BCUT2D eigenvalue weighted by Crippen LogP contribution is -2.46. The normalized spacial score (nSPS) is 28.5. The van der Waals surface area contributed by atoms with Crippen molar-refractivity contribution in [1.82, 2.24) is 4.90 Å². The standard InChI is InChI=1S/C18H27BrN2/c1-14-4-2-7-18(12-14)21-10-8-16(9-11-21)20-17-6-3-5-15(19)13-17/h3,5-6,13-14,16,18,20H,2,4,7-12H2,1H3. The average Bonchev–Trinajstić information content (AvgIpc) is 2.48. The summed E-state index contributed by atoms with van der Waals surface area (Å²) >= 11 is 3.55. The van der Waals surface area contributed by atoms with Gasteiger partial charge in [0.05, 0.1) is 0 Å². The van der Waals surface area contributed by atoms with E-state index in [0.29, 0.717) is 6.04 Å². The Hall–Kier alpha value is -0.540. The molecule has 0 spiro atoms. The monoisotopic (exact) mass is 350 g/mol. The molecule has 21 heavy (non-hydrogen) atoms. The molecule has 1 aromatic carbocycles. The van der Waals surface area contributed by atoms with Crippen molar-refractivity contribution in [2.45, 2.75) is 57.5 Å².